The van der Waals surface area contributed by atoms with Crippen LogP contribution in [0.4, 0.5) is 0 Å². The van der Waals surface area contributed by atoms with Gasteiger partial charge in [0, 0.05) is 13.0 Å². The van der Waals surface area contributed by atoms with E-state index in [1.54, 1.807) is 31.2 Å². The molecule has 3 N–H and O–H groups in total. The SMILES string of the molecule is CCOCCC1(Oc2ccc(Oc3ccc(-c4ccccc4)cc3)cc2)C(=O)NC(=O)C(N)C1=O. The van der Waals surface area contributed by atoms with Gasteiger partial charge in [0.2, 0.25) is 11.4 Å². The first kappa shape index (κ1) is 24.1. The lowest BCUT2D eigenvalue weighted by Gasteiger charge is -2.36. The molecule has 2 amide bonds. The number of imide groups is 1. The van der Waals surface area contributed by atoms with E-state index in [9.17, 15) is 14.4 Å². The highest BCUT2D eigenvalue weighted by atomic mass is 16.5. The fraction of sp³-hybridized carbons (Fsp3) is 0.222. The number of piperidine rings is 1. The van der Waals surface area contributed by atoms with Gasteiger partial charge in [-0.05, 0) is 54.4 Å². The van der Waals surface area contributed by atoms with Crippen molar-refractivity contribution in [2.45, 2.75) is 25.0 Å². The van der Waals surface area contributed by atoms with Gasteiger partial charge in [-0.15, -0.1) is 0 Å². The fourth-order valence-corrected chi connectivity index (χ4v) is 3.78. The van der Waals surface area contributed by atoms with Crippen LogP contribution in [0.5, 0.6) is 17.2 Å². The molecular formula is C27H26N2O6. The van der Waals surface area contributed by atoms with Gasteiger partial charge in [0.05, 0.1) is 6.61 Å². The molecule has 2 atom stereocenters. The van der Waals surface area contributed by atoms with Gasteiger partial charge in [-0.25, -0.2) is 0 Å². The molecule has 1 fully saturated rings. The zero-order valence-electron chi connectivity index (χ0n) is 19.2. The molecule has 8 heteroatoms. The maximum atomic E-state index is 12.9. The van der Waals surface area contributed by atoms with E-state index in [0.29, 0.717) is 18.1 Å². The summed E-state index contributed by atoms with van der Waals surface area (Å²) in [5.74, 6) is -1.06. The predicted molar refractivity (Wildman–Crippen MR) is 129 cm³/mol. The van der Waals surface area contributed by atoms with Crippen molar-refractivity contribution in [3.05, 3.63) is 78.9 Å². The zero-order valence-corrected chi connectivity index (χ0v) is 19.2. The Labute approximate surface area is 203 Å². The molecule has 0 bridgehead atoms. The van der Waals surface area contributed by atoms with Crippen LogP contribution in [-0.2, 0) is 19.1 Å². The Balaban J connectivity index is 1.48. The van der Waals surface area contributed by atoms with Crippen molar-refractivity contribution in [3.8, 4) is 28.4 Å². The monoisotopic (exact) mass is 474 g/mol. The zero-order chi connectivity index (χ0) is 24.8. The van der Waals surface area contributed by atoms with E-state index >= 15 is 0 Å². The standard InChI is InChI=1S/C27H26N2O6/c1-2-33-17-16-27(24(30)23(28)25(31)29-26(27)32)35-22-14-12-21(13-15-22)34-20-10-8-19(9-11-20)18-6-4-3-5-7-18/h3-15,23H,2,16-17,28H2,1H3,(H,29,31,32). The van der Waals surface area contributed by atoms with Gasteiger partial charge < -0.3 is 19.9 Å². The second kappa shape index (κ2) is 10.5. The summed E-state index contributed by atoms with van der Waals surface area (Å²) in [6.07, 6.45) is -0.0848. The molecule has 0 spiro atoms. The first-order valence-corrected chi connectivity index (χ1v) is 11.3. The Morgan fingerprint density at radius 1 is 0.829 bits per heavy atom. The Morgan fingerprint density at radius 2 is 1.40 bits per heavy atom. The van der Waals surface area contributed by atoms with Gasteiger partial charge in [0.15, 0.2) is 0 Å². The molecule has 180 valence electrons. The molecule has 1 saturated heterocycles. The van der Waals surface area contributed by atoms with Crippen LogP contribution in [0.1, 0.15) is 13.3 Å². The molecule has 1 heterocycles. The molecular weight excluding hydrogens is 448 g/mol. The van der Waals surface area contributed by atoms with Crippen LogP contribution in [0.3, 0.4) is 0 Å². The summed E-state index contributed by atoms with van der Waals surface area (Å²) in [6, 6.07) is 22.7. The molecule has 4 rings (SSSR count). The average molecular weight is 475 g/mol. The minimum Gasteiger partial charge on any atom is -0.469 e. The van der Waals surface area contributed by atoms with Gasteiger partial charge in [-0.2, -0.15) is 0 Å². The van der Waals surface area contributed by atoms with Crippen molar-refractivity contribution in [1.29, 1.82) is 0 Å². The van der Waals surface area contributed by atoms with E-state index in [0.717, 1.165) is 11.1 Å². The van der Waals surface area contributed by atoms with Crippen LogP contribution in [0.2, 0.25) is 0 Å². The number of carbonyl (C=O) groups is 3. The van der Waals surface area contributed by atoms with E-state index in [4.69, 9.17) is 19.9 Å². The molecule has 35 heavy (non-hydrogen) atoms. The van der Waals surface area contributed by atoms with Crippen LogP contribution in [-0.4, -0.2) is 42.5 Å². The third-order valence-electron chi connectivity index (χ3n) is 5.68. The second-order valence-electron chi connectivity index (χ2n) is 8.00. The van der Waals surface area contributed by atoms with Crippen LogP contribution >= 0.6 is 0 Å². The van der Waals surface area contributed by atoms with E-state index in [2.05, 4.69) is 5.32 Å². The van der Waals surface area contributed by atoms with E-state index < -0.39 is 29.2 Å². The Bertz CT molecular complexity index is 1190. The molecule has 8 nitrogen and oxygen atoms in total. The lowest BCUT2D eigenvalue weighted by molar-refractivity contribution is -0.159. The molecule has 0 aromatic heterocycles. The quantitative estimate of drug-likeness (QED) is 0.278. The maximum absolute atomic E-state index is 12.9. The van der Waals surface area contributed by atoms with Crippen molar-refractivity contribution < 1.29 is 28.6 Å². The van der Waals surface area contributed by atoms with Gasteiger partial charge in [-0.3, -0.25) is 19.7 Å². The number of Topliss-reactive ketones (excluding diaryl/α,β-unsaturated/α-hetero) is 1. The van der Waals surface area contributed by atoms with Crippen molar-refractivity contribution in [2.75, 3.05) is 13.2 Å². The van der Waals surface area contributed by atoms with Crippen LogP contribution in [0, 0.1) is 0 Å². The lowest BCUT2D eigenvalue weighted by Crippen LogP contribution is -2.70. The third-order valence-corrected chi connectivity index (χ3v) is 5.68. The number of nitrogens with one attached hydrogen (secondary N) is 1. The molecule has 0 saturated carbocycles. The molecule has 1 aliphatic heterocycles. The molecule has 0 radical (unpaired) electrons. The van der Waals surface area contributed by atoms with Crippen molar-refractivity contribution >= 4 is 17.6 Å². The van der Waals surface area contributed by atoms with Gasteiger partial charge >= 0.3 is 0 Å². The highest BCUT2D eigenvalue weighted by molar-refractivity contribution is 6.27. The van der Waals surface area contributed by atoms with Gasteiger partial charge in [-0.1, -0.05) is 42.5 Å². The summed E-state index contributed by atoms with van der Waals surface area (Å²) in [5.41, 5.74) is 5.95. The topological polar surface area (TPSA) is 117 Å². The van der Waals surface area contributed by atoms with Crippen LogP contribution in [0.15, 0.2) is 78.9 Å². The number of hydrogen-bond donors (Lipinski definition) is 2. The summed E-state index contributed by atoms with van der Waals surface area (Å²) >= 11 is 0. The molecule has 0 aliphatic carbocycles. The first-order valence-electron chi connectivity index (χ1n) is 11.3. The maximum Gasteiger partial charge on any atom is 0.278 e. The van der Waals surface area contributed by atoms with E-state index in [1.807, 2.05) is 54.6 Å². The normalized spacial score (nSPS) is 19.8. The van der Waals surface area contributed by atoms with Crippen molar-refractivity contribution in [1.82, 2.24) is 5.32 Å². The number of benzene rings is 3. The van der Waals surface area contributed by atoms with Gasteiger partial charge in [0.1, 0.15) is 23.3 Å². The predicted octanol–water partition coefficient (Wildman–Crippen LogP) is 3.24. The van der Waals surface area contributed by atoms with E-state index in [-0.39, 0.29) is 18.8 Å². The summed E-state index contributed by atoms with van der Waals surface area (Å²) in [5, 5.41) is 2.13. The number of carbonyl (C=O) groups excluding carboxylic acids is 3. The molecule has 2 unspecified atom stereocenters. The Hall–Kier alpha value is -4.01. The molecule has 3 aromatic carbocycles. The van der Waals surface area contributed by atoms with Crippen LogP contribution < -0.4 is 20.5 Å². The number of rotatable bonds is 9. The highest BCUT2D eigenvalue weighted by Crippen LogP contribution is 2.30. The minimum atomic E-state index is -1.96. The average Bonchev–Trinajstić information content (AvgIpc) is 2.88. The number of hydrogen-bond acceptors (Lipinski definition) is 7. The second-order valence-corrected chi connectivity index (χ2v) is 8.00. The van der Waals surface area contributed by atoms with Gasteiger partial charge in [0.25, 0.3) is 11.8 Å². The minimum absolute atomic E-state index is 0.0801. The summed E-state index contributed by atoms with van der Waals surface area (Å²) in [7, 11) is 0. The number of amides is 2. The Morgan fingerprint density at radius 3 is 2.03 bits per heavy atom. The number of ether oxygens (including phenoxy) is 3. The Kier molecular flexibility index (Phi) is 7.24. The first-order chi connectivity index (χ1) is 16.9. The summed E-state index contributed by atoms with van der Waals surface area (Å²) in [4.78, 5) is 37.4. The smallest absolute Gasteiger partial charge is 0.278 e. The summed E-state index contributed by atoms with van der Waals surface area (Å²) < 4.78 is 17.1. The number of ketones is 1. The van der Waals surface area contributed by atoms with Crippen molar-refractivity contribution in [2.24, 2.45) is 5.73 Å². The fourth-order valence-electron chi connectivity index (χ4n) is 3.78. The van der Waals surface area contributed by atoms with Crippen molar-refractivity contribution in [3.63, 3.8) is 0 Å². The van der Waals surface area contributed by atoms with E-state index in [1.165, 1.54) is 0 Å². The third kappa shape index (κ3) is 5.24. The van der Waals surface area contributed by atoms with Crippen LogP contribution in [0.25, 0.3) is 11.1 Å². The lowest BCUT2D eigenvalue weighted by atomic mass is 9.85. The molecule has 1 aliphatic rings. The number of nitrogens with two attached hydrogens (primary N) is 1. The summed E-state index contributed by atoms with van der Waals surface area (Å²) in [6.45, 7) is 2.27. The highest BCUT2D eigenvalue weighted by Gasteiger charge is 2.56. The molecule has 3 aromatic rings. The largest absolute Gasteiger partial charge is 0.469 e.